The summed E-state index contributed by atoms with van der Waals surface area (Å²) in [6.45, 7) is 0.0431. The van der Waals surface area contributed by atoms with E-state index in [1.165, 1.54) is 30.3 Å². The lowest BCUT2D eigenvalue weighted by molar-refractivity contribution is -0.384. The van der Waals surface area contributed by atoms with Gasteiger partial charge in [0.05, 0.1) is 16.6 Å². The lowest BCUT2D eigenvalue weighted by Gasteiger charge is -2.08. The Kier molecular flexibility index (Phi) is 4.50. The van der Waals surface area contributed by atoms with E-state index in [0.29, 0.717) is 10.0 Å². The first-order valence-electron chi connectivity index (χ1n) is 5.76. The number of ether oxygens (including phenoxy) is 1. The zero-order valence-corrected chi connectivity index (χ0v) is 12.1. The summed E-state index contributed by atoms with van der Waals surface area (Å²) in [4.78, 5) is 10.1. The quantitative estimate of drug-likeness (QED) is 0.617. The third kappa shape index (κ3) is 3.55. The Morgan fingerprint density at radius 1 is 1.33 bits per heavy atom. The van der Waals surface area contributed by atoms with Crippen LogP contribution in [-0.4, -0.2) is 4.92 Å². The zero-order chi connectivity index (χ0) is 15.4. The Hall–Kier alpha value is -2.46. The van der Waals surface area contributed by atoms with Gasteiger partial charge in [0, 0.05) is 22.2 Å². The average Bonchev–Trinajstić information content (AvgIpc) is 2.46. The van der Waals surface area contributed by atoms with Gasteiger partial charge in [-0.3, -0.25) is 10.1 Å². The summed E-state index contributed by atoms with van der Waals surface area (Å²) in [5, 5.41) is 19.3. The van der Waals surface area contributed by atoms with Crippen LogP contribution in [0.4, 0.5) is 10.1 Å². The first-order chi connectivity index (χ1) is 10.0. The molecule has 0 unspecified atom stereocenters. The molecular weight excluding hydrogens is 343 g/mol. The van der Waals surface area contributed by atoms with E-state index in [1.54, 1.807) is 0 Å². The van der Waals surface area contributed by atoms with Crippen LogP contribution in [-0.2, 0) is 6.61 Å². The second-order valence-corrected chi connectivity index (χ2v) is 4.93. The van der Waals surface area contributed by atoms with Gasteiger partial charge in [-0.05, 0) is 24.3 Å². The standard InChI is InChI=1S/C14H8BrFN2O3/c15-12-6-11(18(19)20)3-2-10(12)8-21-14-4-1-9(7-17)5-13(14)16/h1-6H,8H2. The lowest BCUT2D eigenvalue weighted by atomic mass is 10.2. The van der Waals surface area contributed by atoms with Gasteiger partial charge in [0.2, 0.25) is 0 Å². The molecule has 0 aromatic heterocycles. The molecule has 0 spiro atoms. The Bertz CT molecular complexity index is 743. The van der Waals surface area contributed by atoms with Crippen LogP contribution in [0.15, 0.2) is 40.9 Å². The highest BCUT2D eigenvalue weighted by molar-refractivity contribution is 9.10. The highest BCUT2D eigenvalue weighted by Gasteiger charge is 2.11. The minimum absolute atomic E-state index is 0.0132. The maximum Gasteiger partial charge on any atom is 0.270 e. The molecule has 0 heterocycles. The number of rotatable bonds is 4. The van der Waals surface area contributed by atoms with Gasteiger partial charge >= 0.3 is 0 Å². The largest absolute Gasteiger partial charge is 0.486 e. The van der Waals surface area contributed by atoms with Crippen molar-refractivity contribution < 1.29 is 14.1 Å². The molecule has 0 amide bonds. The van der Waals surface area contributed by atoms with Crippen molar-refractivity contribution in [2.24, 2.45) is 0 Å². The smallest absolute Gasteiger partial charge is 0.270 e. The number of nitrogens with zero attached hydrogens (tertiary/aromatic N) is 2. The minimum Gasteiger partial charge on any atom is -0.486 e. The predicted octanol–water partition coefficient (Wildman–Crippen LogP) is 3.95. The van der Waals surface area contributed by atoms with E-state index in [9.17, 15) is 14.5 Å². The number of nitriles is 1. The molecule has 106 valence electrons. The van der Waals surface area contributed by atoms with Crippen LogP contribution in [0, 0.1) is 27.3 Å². The van der Waals surface area contributed by atoms with Gasteiger partial charge < -0.3 is 4.74 Å². The van der Waals surface area contributed by atoms with E-state index >= 15 is 0 Å². The molecule has 0 aliphatic rings. The van der Waals surface area contributed by atoms with Crippen LogP contribution in [0.3, 0.4) is 0 Å². The van der Waals surface area contributed by atoms with Gasteiger partial charge in [0.25, 0.3) is 5.69 Å². The van der Waals surface area contributed by atoms with Gasteiger partial charge in [-0.1, -0.05) is 15.9 Å². The van der Waals surface area contributed by atoms with Crippen LogP contribution in [0.2, 0.25) is 0 Å². The SMILES string of the molecule is N#Cc1ccc(OCc2ccc([N+](=O)[O-])cc2Br)c(F)c1. The highest BCUT2D eigenvalue weighted by Crippen LogP contribution is 2.25. The number of nitro benzene ring substituents is 1. The highest BCUT2D eigenvalue weighted by atomic mass is 79.9. The number of nitro groups is 1. The van der Waals surface area contributed by atoms with E-state index in [2.05, 4.69) is 15.9 Å². The first-order valence-corrected chi connectivity index (χ1v) is 6.56. The third-order valence-corrected chi connectivity index (χ3v) is 3.43. The summed E-state index contributed by atoms with van der Waals surface area (Å²) < 4.78 is 19.5. The second kappa shape index (κ2) is 6.33. The third-order valence-electron chi connectivity index (χ3n) is 2.69. The van der Waals surface area contributed by atoms with Crippen LogP contribution in [0.1, 0.15) is 11.1 Å². The van der Waals surface area contributed by atoms with Crippen molar-refractivity contribution in [3.63, 3.8) is 0 Å². The number of hydrogen-bond donors (Lipinski definition) is 0. The molecule has 0 atom stereocenters. The molecule has 0 fully saturated rings. The van der Waals surface area contributed by atoms with E-state index in [4.69, 9.17) is 10.00 Å². The Balaban J connectivity index is 2.13. The molecule has 2 aromatic rings. The van der Waals surface area contributed by atoms with Crippen molar-refractivity contribution in [2.45, 2.75) is 6.61 Å². The van der Waals surface area contributed by atoms with Crippen LogP contribution in [0.25, 0.3) is 0 Å². The first kappa shape index (κ1) is 14.9. The van der Waals surface area contributed by atoms with Gasteiger partial charge in [-0.25, -0.2) is 4.39 Å². The average molecular weight is 351 g/mol. The second-order valence-electron chi connectivity index (χ2n) is 4.08. The Labute approximate surface area is 127 Å². The van der Waals surface area contributed by atoms with Crippen LogP contribution >= 0.6 is 15.9 Å². The summed E-state index contributed by atoms with van der Waals surface area (Å²) in [6.07, 6.45) is 0. The molecular formula is C14H8BrFN2O3. The van der Waals surface area contributed by atoms with Crippen LogP contribution < -0.4 is 4.74 Å². The summed E-state index contributed by atoms with van der Waals surface area (Å²) >= 11 is 3.21. The Morgan fingerprint density at radius 3 is 2.67 bits per heavy atom. The normalized spacial score (nSPS) is 9.95. The fourth-order valence-electron chi connectivity index (χ4n) is 1.61. The summed E-state index contributed by atoms with van der Waals surface area (Å²) in [5.41, 5.74) is 0.802. The van der Waals surface area contributed by atoms with Crippen molar-refractivity contribution in [1.29, 1.82) is 5.26 Å². The zero-order valence-electron chi connectivity index (χ0n) is 10.5. The number of benzene rings is 2. The molecule has 0 saturated carbocycles. The molecule has 0 aliphatic heterocycles. The predicted molar refractivity (Wildman–Crippen MR) is 76.2 cm³/mol. The number of halogens is 2. The van der Waals surface area contributed by atoms with E-state index in [1.807, 2.05) is 6.07 Å². The van der Waals surface area contributed by atoms with Crippen molar-refractivity contribution in [1.82, 2.24) is 0 Å². The van der Waals surface area contributed by atoms with Crippen molar-refractivity contribution in [3.05, 3.63) is 67.9 Å². The summed E-state index contributed by atoms with van der Waals surface area (Å²) in [6, 6.07) is 9.96. The molecule has 0 bridgehead atoms. The molecule has 21 heavy (non-hydrogen) atoms. The monoisotopic (exact) mass is 350 g/mol. The van der Waals surface area contributed by atoms with Crippen LogP contribution in [0.5, 0.6) is 5.75 Å². The maximum absolute atomic E-state index is 13.6. The molecule has 5 nitrogen and oxygen atoms in total. The number of hydrogen-bond acceptors (Lipinski definition) is 4. The van der Waals surface area contributed by atoms with E-state index in [0.717, 1.165) is 6.07 Å². The molecule has 7 heteroatoms. The number of non-ortho nitro benzene ring substituents is 1. The summed E-state index contributed by atoms with van der Waals surface area (Å²) in [5.74, 6) is -0.619. The van der Waals surface area contributed by atoms with Gasteiger partial charge in [0.15, 0.2) is 11.6 Å². The molecule has 0 aliphatic carbocycles. The molecule has 2 rings (SSSR count). The molecule has 0 N–H and O–H groups in total. The van der Waals surface area contributed by atoms with E-state index < -0.39 is 10.7 Å². The summed E-state index contributed by atoms with van der Waals surface area (Å²) in [7, 11) is 0. The Morgan fingerprint density at radius 2 is 2.10 bits per heavy atom. The fourth-order valence-corrected chi connectivity index (χ4v) is 2.09. The van der Waals surface area contributed by atoms with Gasteiger partial charge in [-0.15, -0.1) is 0 Å². The topological polar surface area (TPSA) is 76.2 Å². The van der Waals surface area contributed by atoms with Crippen molar-refractivity contribution >= 4 is 21.6 Å². The fraction of sp³-hybridized carbons (Fsp3) is 0.0714. The molecule has 0 saturated heterocycles. The molecule has 0 radical (unpaired) electrons. The van der Waals surface area contributed by atoms with E-state index in [-0.39, 0.29) is 23.6 Å². The van der Waals surface area contributed by atoms with Gasteiger partial charge in [-0.2, -0.15) is 5.26 Å². The minimum atomic E-state index is -0.632. The molecule has 2 aromatic carbocycles. The van der Waals surface area contributed by atoms with Gasteiger partial charge in [0.1, 0.15) is 6.61 Å². The lowest BCUT2D eigenvalue weighted by Crippen LogP contribution is -1.99. The van der Waals surface area contributed by atoms with Crippen molar-refractivity contribution in [2.75, 3.05) is 0 Å². The van der Waals surface area contributed by atoms with Crippen molar-refractivity contribution in [3.8, 4) is 11.8 Å². The maximum atomic E-state index is 13.6.